The van der Waals surface area contributed by atoms with Gasteiger partial charge in [0.2, 0.25) is 0 Å². The average Bonchev–Trinajstić information content (AvgIpc) is 3.09. The minimum absolute atomic E-state index is 0.116. The third-order valence-electron chi connectivity index (χ3n) is 4.82. The van der Waals surface area contributed by atoms with Gasteiger partial charge in [-0.1, -0.05) is 23.7 Å². The van der Waals surface area contributed by atoms with Gasteiger partial charge in [-0.15, -0.1) is 11.3 Å². The summed E-state index contributed by atoms with van der Waals surface area (Å²) in [6.45, 7) is 6.08. The number of benzene rings is 2. The number of carbonyl (C=O) groups excluding carboxylic acids is 1. The molecular formula is C22H19ClN4O2S. The molecule has 1 N–H and O–H groups in total. The average molecular weight is 439 g/mol. The zero-order chi connectivity index (χ0) is 21.4. The molecule has 8 heteroatoms. The molecule has 0 fully saturated rings. The van der Waals surface area contributed by atoms with E-state index < -0.39 is 0 Å². The van der Waals surface area contributed by atoms with Crippen LogP contribution in [0, 0.1) is 13.8 Å². The lowest BCUT2D eigenvalue weighted by atomic mass is 10.1. The van der Waals surface area contributed by atoms with Gasteiger partial charge in [0.1, 0.15) is 5.69 Å². The minimum Gasteiger partial charge on any atom is -0.305 e. The predicted molar refractivity (Wildman–Crippen MR) is 122 cm³/mol. The Morgan fingerprint density at radius 1 is 1.13 bits per heavy atom. The van der Waals surface area contributed by atoms with Gasteiger partial charge >= 0.3 is 0 Å². The van der Waals surface area contributed by atoms with Crippen molar-refractivity contribution in [1.29, 1.82) is 0 Å². The number of rotatable bonds is 4. The Morgan fingerprint density at radius 3 is 2.57 bits per heavy atom. The summed E-state index contributed by atoms with van der Waals surface area (Å²) in [4.78, 5) is 35.0. The number of nitrogens with one attached hydrogen (secondary N) is 1. The van der Waals surface area contributed by atoms with Crippen LogP contribution in [0.15, 0.2) is 47.3 Å². The molecule has 1 amide bonds. The van der Waals surface area contributed by atoms with Crippen molar-refractivity contribution in [2.24, 2.45) is 0 Å². The maximum atomic E-state index is 12.8. The first kappa shape index (κ1) is 20.3. The van der Waals surface area contributed by atoms with Crippen LogP contribution >= 0.6 is 22.9 Å². The van der Waals surface area contributed by atoms with Gasteiger partial charge < -0.3 is 4.57 Å². The van der Waals surface area contributed by atoms with Crippen molar-refractivity contribution in [3.05, 3.63) is 74.0 Å². The molecule has 6 nitrogen and oxygen atoms in total. The number of carbonyl (C=O) groups is 1. The predicted octanol–water partition coefficient (Wildman–Crippen LogP) is 5.06. The molecular weight excluding hydrogens is 420 g/mol. The largest absolute Gasteiger partial charge is 0.305 e. The molecule has 0 aliphatic heterocycles. The number of aromatic nitrogens is 3. The van der Waals surface area contributed by atoms with E-state index in [-0.39, 0.29) is 11.5 Å². The third kappa shape index (κ3) is 3.74. The lowest BCUT2D eigenvalue weighted by molar-refractivity contribution is 0.102. The van der Waals surface area contributed by atoms with Crippen LogP contribution in [0.4, 0.5) is 5.13 Å². The fraction of sp³-hybridized carbons (Fsp3) is 0.182. The van der Waals surface area contributed by atoms with Gasteiger partial charge in [-0.3, -0.25) is 14.9 Å². The molecule has 2 heterocycles. The van der Waals surface area contributed by atoms with E-state index in [0.717, 1.165) is 16.1 Å². The van der Waals surface area contributed by atoms with Gasteiger partial charge in [0.05, 0.1) is 16.7 Å². The topological polar surface area (TPSA) is 76.9 Å². The Labute approximate surface area is 182 Å². The van der Waals surface area contributed by atoms with E-state index in [1.807, 2.05) is 38.1 Å². The van der Waals surface area contributed by atoms with Crippen LogP contribution < -0.4 is 10.9 Å². The maximum Gasteiger partial charge on any atom is 0.272 e. The summed E-state index contributed by atoms with van der Waals surface area (Å²) in [6, 6.07) is 12.6. The van der Waals surface area contributed by atoms with Crippen molar-refractivity contribution in [2.45, 2.75) is 27.3 Å². The van der Waals surface area contributed by atoms with E-state index in [1.54, 1.807) is 29.7 Å². The Bertz CT molecular complexity index is 1330. The van der Waals surface area contributed by atoms with Crippen molar-refractivity contribution in [3.8, 4) is 11.3 Å². The quantitative estimate of drug-likeness (QED) is 0.483. The molecule has 4 aromatic rings. The molecule has 0 radical (unpaired) electrons. The lowest BCUT2D eigenvalue weighted by Crippen LogP contribution is -2.23. The van der Waals surface area contributed by atoms with E-state index >= 15 is 0 Å². The summed E-state index contributed by atoms with van der Waals surface area (Å²) in [5, 5.41) is 4.05. The summed E-state index contributed by atoms with van der Waals surface area (Å²) < 4.78 is 1.65. The number of nitrogens with zero attached hydrogens (tertiary/aromatic N) is 3. The standard InChI is InChI=1S/C22H19ClN4O2S/c1-4-27-18-10-7-15(11-17(18)24-12(2)21(27)29)20(28)26-22-25-19(13(3)30-22)14-5-8-16(23)9-6-14/h5-11H,4H2,1-3H3,(H,25,26,28). The summed E-state index contributed by atoms with van der Waals surface area (Å²) in [7, 11) is 0. The monoisotopic (exact) mass is 438 g/mol. The van der Waals surface area contributed by atoms with Crippen molar-refractivity contribution >= 4 is 45.0 Å². The van der Waals surface area contributed by atoms with E-state index in [1.165, 1.54) is 11.3 Å². The van der Waals surface area contributed by atoms with E-state index in [4.69, 9.17) is 11.6 Å². The molecule has 0 spiro atoms. The Hall–Kier alpha value is -3.03. The van der Waals surface area contributed by atoms with Gasteiger partial charge in [-0.2, -0.15) is 0 Å². The molecule has 152 valence electrons. The van der Waals surface area contributed by atoms with Crippen molar-refractivity contribution in [3.63, 3.8) is 0 Å². The molecule has 0 unspecified atom stereocenters. The van der Waals surface area contributed by atoms with E-state index in [9.17, 15) is 9.59 Å². The third-order valence-corrected chi connectivity index (χ3v) is 5.96. The first-order valence-electron chi connectivity index (χ1n) is 9.43. The Balaban J connectivity index is 1.63. The van der Waals surface area contributed by atoms with Crippen molar-refractivity contribution < 1.29 is 4.79 Å². The first-order chi connectivity index (χ1) is 14.4. The molecule has 0 saturated heterocycles. The van der Waals surface area contributed by atoms with Crippen LogP contribution in [0.25, 0.3) is 22.3 Å². The lowest BCUT2D eigenvalue weighted by Gasteiger charge is -2.10. The second kappa shape index (κ2) is 8.01. The number of hydrogen-bond donors (Lipinski definition) is 1. The van der Waals surface area contributed by atoms with Crippen LogP contribution in [-0.4, -0.2) is 20.4 Å². The fourth-order valence-corrected chi connectivity index (χ4v) is 4.28. The second-order valence-electron chi connectivity index (χ2n) is 6.83. The Kier molecular flexibility index (Phi) is 5.40. The number of thiazole rings is 1. The molecule has 0 bridgehead atoms. The number of hydrogen-bond acceptors (Lipinski definition) is 5. The van der Waals surface area contributed by atoms with E-state index in [0.29, 0.717) is 39.0 Å². The number of anilines is 1. The number of amides is 1. The van der Waals surface area contributed by atoms with Gasteiger partial charge in [-0.25, -0.2) is 9.97 Å². The highest BCUT2D eigenvalue weighted by atomic mass is 35.5. The molecule has 0 saturated carbocycles. The smallest absolute Gasteiger partial charge is 0.272 e. The molecule has 30 heavy (non-hydrogen) atoms. The molecule has 4 rings (SSSR count). The summed E-state index contributed by atoms with van der Waals surface area (Å²) >= 11 is 7.37. The SMILES string of the molecule is CCn1c(=O)c(C)nc2cc(C(=O)Nc3nc(-c4ccc(Cl)cc4)c(C)s3)ccc21. The summed E-state index contributed by atoms with van der Waals surface area (Å²) in [6.07, 6.45) is 0. The fourth-order valence-electron chi connectivity index (χ4n) is 3.32. The molecule has 0 aliphatic carbocycles. The zero-order valence-electron chi connectivity index (χ0n) is 16.7. The first-order valence-corrected chi connectivity index (χ1v) is 10.6. The number of aryl methyl sites for hydroxylation is 3. The second-order valence-corrected chi connectivity index (χ2v) is 8.47. The highest BCUT2D eigenvalue weighted by Crippen LogP contribution is 2.31. The van der Waals surface area contributed by atoms with Crippen LogP contribution in [0.1, 0.15) is 27.9 Å². The van der Waals surface area contributed by atoms with Gasteiger partial charge in [-0.05, 0) is 51.1 Å². The van der Waals surface area contributed by atoms with Gasteiger partial charge in [0, 0.05) is 27.6 Å². The number of halogens is 1. The van der Waals surface area contributed by atoms with Gasteiger partial charge in [0.15, 0.2) is 5.13 Å². The highest BCUT2D eigenvalue weighted by Gasteiger charge is 2.15. The summed E-state index contributed by atoms with van der Waals surface area (Å²) in [5.41, 5.74) is 3.82. The zero-order valence-corrected chi connectivity index (χ0v) is 18.3. The maximum absolute atomic E-state index is 12.8. The van der Waals surface area contributed by atoms with Crippen LogP contribution in [0.2, 0.25) is 5.02 Å². The highest BCUT2D eigenvalue weighted by molar-refractivity contribution is 7.16. The Morgan fingerprint density at radius 2 is 1.87 bits per heavy atom. The molecule has 2 aromatic heterocycles. The minimum atomic E-state index is -0.276. The van der Waals surface area contributed by atoms with Crippen molar-refractivity contribution in [2.75, 3.05) is 5.32 Å². The van der Waals surface area contributed by atoms with Crippen molar-refractivity contribution in [1.82, 2.24) is 14.5 Å². The van der Waals surface area contributed by atoms with Crippen LogP contribution in [0.3, 0.4) is 0 Å². The summed E-state index contributed by atoms with van der Waals surface area (Å²) in [5.74, 6) is -0.276. The van der Waals surface area contributed by atoms with Crippen LogP contribution in [0.5, 0.6) is 0 Å². The molecule has 0 aliphatic rings. The molecule has 2 aromatic carbocycles. The van der Waals surface area contributed by atoms with Crippen LogP contribution in [-0.2, 0) is 6.54 Å². The van der Waals surface area contributed by atoms with E-state index in [2.05, 4.69) is 15.3 Å². The normalized spacial score (nSPS) is 11.1. The molecule has 0 atom stereocenters. The van der Waals surface area contributed by atoms with Gasteiger partial charge in [0.25, 0.3) is 11.5 Å². The number of fused-ring (bicyclic) bond motifs is 1.